The van der Waals surface area contributed by atoms with E-state index in [2.05, 4.69) is 15.9 Å². The van der Waals surface area contributed by atoms with Gasteiger partial charge in [0, 0.05) is 10.2 Å². The van der Waals surface area contributed by atoms with Crippen LogP contribution >= 0.6 is 15.9 Å². The van der Waals surface area contributed by atoms with Gasteiger partial charge in [0.15, 0.2) is 0 Å². The molecule has 5 nitrogen and oxygen atoms in total. The van der Waals surface area contributed by atoms with Crippen molar-refractivity contribution in [2.24, 2.45) is 0 Å². The minimum absolute atomic E-state index is 0.00670. The Hall–Kier alpha value is -3.12. The number of carbonyl (C=O) groups excluding carboxylic acids is 2. The van der Waals surface area contributed by atoms with Crippen molar-refractivity contribution in [2.45, 2.75) is 19.9 Å². The van der Waals surface area contributed by atoms with E-state index in [-0.39, 0.29) is 18.4 Å². The molecule has 1 fully saturated rings. The maximum Gasteiger partial charge on any atom is 0.255 e. The normalized spacial score (nSPS) is 16.6. The SMILES string of the molecule is COc1ccc(C2C(=O)N(c3c(C)cccc3C)CC(=O)N2c2ccc(Br)cc2)cc1. The molecule has 0 N–H and O–H groups in total. The Balaban J connectivity index is 1.84. The van der Waals surface area contributed by atoms with Gasteiger partial charge in [0.25, 0.3) is 5.91 Å². The lowest BCUT2D eigenvalue weighted by Crippen LogP contribution is -2.56. The number of hydrogen-bond donors (Lipinski definition) is 0. The molecule has 0 spiro atoms. The number of rotatable bonds is 4. The van der Waals surface area contributed by atoms with Gasteiger partial charge in [-0.05, 0) is 66.9 Å². The number of ether oxygens (including phenoxy) is 1. The van der Waals surface area contributed by atoms with Crippen molar-refractivity contribution < 1.29 is 14.3 Å². The first-order chi connectivity index (χ1) is 14.9. The van der Waals surface area contributed by atoms with Crippen LogP contribution in [0.5, 0.6) is 5.75 Å². The molecule has 31 heavy (non-hydrogen) atoms. The molecule has 1 saturated heterocycles. The zero-order valence-corrected chi connectivity index (χ0v) is 19.2. The third-order valence-electron chi connectivity index (χ3n) is 5.57. The summed E-state index contributed by atoms with van der Waals surface area (Å²) in [5.41, 5.74) is 4.15. The molecule has 4 rings (SSSR count). The topological polar surface area (TPSA) is 49.9 Å². The van der Waals surface area contributed by atoms with Crippen molar-refractivity contribution in [1.29, 1.82) is 0 Å². The van der Waals surface area contributed by atoms with E-state index in [1.807, 2.05) is 80.6 Å². The first-order valence-corrected chi connectivity index (χ1v) is 10.8. The molecule has 3 aromatic carbocycles. The predicted octanol–water partition coefficient (Wildman–Crippen LogP) is 5.20. The van der Waals surface area contributed by atoms with Crippen LogP contribution in [0.25, 0.3) is 0 Å². The second kappa shape index (κ2) is 8.55. The molecule has 1 aliphatic rings. The molecule has 0 saturated carbocycles. The van der Waals surface area contributed by atoms with Crippen molar-refractivity contribution in [2.75, 3.05) is 23.5 Å². The predicted molar refractivity (Wildman–Crippen MR) is 126 cm³/mol. The van der Waals surface area contributed by atoms with E-state index in [0.717, 1.165) is 26.9 Å². The summed E-state index contributed by atoms with van der Waals surface area (Å²) in [6.07, 6.45) is 0. The monoisotopic (exact) mass is 478 g/mol. The van der Waals surface area contributed by atoms with Gasteiger partial charge >= 0.3 is 0 Å². The molecule has 0 bridgehead atoms. The molecular formula is C25H23BrN2O3. The van der Waals surface area contributed by atoms with Crippen LogP contribution in [0.15, 0.2) is 71.2 Å². The second-order valence-electron chi connectivity index (χ2n) is 7.58. The molecule has 0 radical (unpaired) electrons. The zero-order chi connectivity index (χ0) is 22.1. The third-order valence-corrected chi connectivity index (χ3v) is 6.09. The summed E-state index contributed by atoms with van der Waals surface area (Å²) in [4.78, 5) is 30.5. The third kappa shape index (κ3) is 3.95. The van der Waals surface area contributed by atoms with Gasteiger partial charge in [0.1, 0.15) is 18.3 Å². The highest BCUT2D eigenvalue weighted by Crippen LogP contribution is 2.37. The van der Waals surface area contributed by atoms with Crippen molar-refractivity contribution >= 4 is 39.1 Å². The Morgan fingerprint density at radius 3 is 2.10 bits per heavy atom. The van der Waals surface area contributed by atoms with E-state index < -0.39 is 6.04 Å². The Bertz CT molecular complexity index is 1110. The fourth-order valence-corrected chi connectivity index (χ4v) is 4.35. The quantitative estimate of drug-likeness (QED) is 0.517. The summed E-state index contributed by atoms with van der Waals surface area (Å²) in [5, 5.41) is 0. The summed E-state index contributed by atoms with van der Waals surface area (Å²) in [6, 6.07) is 19.9. The number of halogens is 1. The molecule has 0 aromatic heterocycles. The van der Waals surface area contributed by atoms with Gasteiger partial charge in [-0.2, -0.15) is 0 Å². The first-order valence-electron chi connectivity index (χ1n) is 10.00. The van der Waals surface area contributed by atoms with Crippen LogP contribution in [0.4, 0.5) is 11.4 Å². The Labute approximate surface area is 190 Å². The Kier molecular flexibility index (Phi) is 5.83. The number of piperazine rings is 1. The average Bonchev–Trinajstić information content (AvgIpc) is 2.76. The van der Waals surface area contributed by atoms with Crippen LogP contribution in [0.2, 0.25) is 0 Å². The van der Waals surface area contributed by atoms with Crippen molar-refractivity contribution in [3.05, 3.63) is 87.9 Å². The lowest BCUT2D eigenvalue weighted by molar-refractivity contribution is -0.128. The van der Waals surface area contributed by atoms with Crippen LogP contribution in [-0.2, 0) is 9.59 Å². The molecule has 6 heteroatoms. The molecule has 1 atom stereocenters. The molecule has 1 heterocycles. The zero-order valence-electron chi connectivity index (χ0n) is 17.6. The number of para-hydroxylation sites is 1. The highest BCUT2D eigenvalue weighted by atomic mass is 79.9. The lowest BCUT2D eigenvalue weighted by atomic mass is 9.97. The fraction of sp³-hybridized carbons (Fsp3) is 0.200. The summed E-state index contributed by atoms with van der Waals surface area (Å²) in [6.45, 7) is 3.92. The summed E-state index contributed by atoms with van der Waals surface area (Å²) >= 11 is 3.44. The number of amides is 2. The fourth-order valence-electron chi connectivity index (χ4n) is 4.08. The summed E-state index contributed by atoms with van der Waals surface area (Å²) < 4.78 is 6.18. The van der Waals surface area contributed by atoms with Crippen LogP contribution < -0.4 is 14.5 Å². The molecule has 1 aliphatic heterocycles. The van der Waals surface area contributed by atoms with Crippen molar-refractivity contribution in [1.82, 2.24) is 0 Å². The van der Waals surface area contributed by atoms with E-state index in [0.29, 0.717) is 11.4 Å². The number of methoxy groups -OCH3 is 1. The Morgan fingerprint density at radius 1 is 0.903 bits per heavy atom. The number of aryl methyl sites for hydroxylation is 2. The van der Waals surface area contributed by atoms with Gasteiger partial charge in [-0.3, -0.25) is 14.5 Å². The van der Waals surface area contributed by atoms with Crippen LogP contribution in [-0.4, -0.2) is 25.5 Å². The summed E-state index contributed by atoms with van der Waals surface area (Å²) in [5.74, 6) is 0.426. The molecule has 3 aromatic rings. The molecule has 0 aliphatic carbocycles. The van der Waals surface area contributed by atoms with Crippen molar-refractivity contribution in [3.8, 4) is 5.75 Å². The number of hydrogen-bond acceptors (Lipinski definition) is 3. The van der Waals surface area contributed by atoms with Crippen LogP contribution in [0.1, 0.15) is 22.7 Å². The van der Waals surface area contributed by atoms with Crippen LogP contribution in [0, 0.1) is 13.8 Å². The number of anilines is 2. The first kappa shape index (κ1) is 21.1. The van der Waals surface area contributed by atoms with Gasteiger partial charge in [-0.15, -0.1) is 0 Å². The van der Waals surface area contributed by atoms with Gasteiger partial charge in [0.2, 0.25) is 5.91 Å². The van der Waals surface area contributed by atoms with Crippen LogP contribution in [0.3, 0.4) is 0 Å². The minimum Gasteiger partial charge on any atom is -0.497 e. The minimum atomic E-state index is -0.771. The molecule has 2 amide bonds. The van der Waals surface area contributed by atoms with E-state index in [9.17, 15) is 9.59 Å². The van der Waals surface area contributed by atoms with Gasteiger partial charge < -0.3 is 9.64 Å². The highest BCUT2D eigenvalue weighted by molar-refractivity contribution is 9.10. The standard InChI is InChI=1S/C25H23BrN2O3/c1-16-5-4-6-17(2)23(16)27-15-22(29)28(20-11-9-19(26)10-12-20)24(25(27)30)18-7-13-21(31-3)14-8-18/h4-14,24H,15H2,1-3H3. The second-order valence-corrected chi connectivity index (χ2v) is 8.50. The number of nitrogens with zero attached hydrogens (tertiary/aromatic N) is 2. The lowest BCUT2D eigenvalue weighted by Gasteiger charge is -2.41. The number of carbonyl (C=O) groups is 2. The van der Waals surface area contributed by atoms with Crippen molar-refractivity contribution in [3.63, 3.8) is 0 Å². The van der Waals surface area contributed by atoms with E-state index in [1.54, 1.807) is 16.9 Å². The molecular weight excluding hydrogens is 456 g/mol. The largest absolute Gasteiger partial charge is 0.497 e. The molecule has 158 valence electrons. The van der Waals surface area contributed by atoms with Gasteiger partial charge in [0.05, 0.1) is 12.8 Å². The summed E-state index contributed by atoms with van der Waals surface area (Å²) in [7, 11) is 1.60. The number of benzene rings is 3. The van der Waals surface area contributed by atoms with Gasteiger partial charge in [-0.25, -0.2) is 0 Å². The van der Waals surface area contributed by atoms with E-state index >= 15 is 0 Å². The van der Waals surface area contributed by atoms with E-state index in [4.69, 9.17) is 4.74 Å². The average molecular weight is 479 g/mol. The molecule has 1 unspecified atom stereocenters. The van der Waals surface area contributed by atoms with Gasteiger partial charge in [-0.1, -0.05) is 46.3 Å². The maximum absolute atomic E-state index is 13.9. The maximum atomic E-state index is 13.9. The highest BCUT2D eigenvalue weighted by Gasteiger charge is 2.42. The van der Waals surface area contributed by atoms with E-state index in [1.165, 1.54) is 0 Å². The Morgan fingerprint density at radius 2 is 1.52 bits per heavy atom. The smallest absolute Gasteiger partial charge is 0.255 e.